The van der Waals surface area contributed by atoms with Crippen LogP contribution >= 0.6 is 23.5 Å². The molecule has 0 aromatic heterocycles. The van der Waals surface area contributed by atoms with E-state index in [9.17, 15) is 0 Å². The summed E-state index contributed by atoms with van der Waals surface area (Å²) in [7, 11) is 0. The number of rotatable bonds is 1. The Hall–Kier alpha value is -0.410. The van der Waals surface area contributed by atoms with Crippen LogP contribution in [0, 0.1) is 5.41 Å². The summed E-state index contributed by atoms with van der Waals surface area (Å²) in [5.41, 5.74) is 1.34. The van der Waals surface area contributed by atoms with Crippen LogP contribution in [0.3, 0.4) is 0 Å². The van der Waals surface area contributed by atoms with Gasteiger partial charge in [-0.25, -0.2) is 0 Å². The van der Waals surface area contributed by atoms with Gasteiger partial charge >= 0.3 is 0 Å². The normalized spacial score (nSPS) is 23.0. The molecule has 1 N–H and O–H groups in total. The molecule has 1 aromatic carbocycles. The lowest BCUT2D eigenvalue weighted by Crippen LogP contribution is -1.90. The fraction of sp³-hybridized carbons (Fsp3) is 0.222. The minimum Gasteiger partial charge on any atom is -0.288 e. The van der Waals surface area contributed by atoms with Crippen molar-refractivity contribution in [3.63, 3.8) is 0 Å². The van der Waals surface area contributed by atoms with Gasteiger partial charge in [0, 0.05) is 11.0 Å². The van der Waals surface area contributed by atoms with Crippen molar-refractivity contribution in [1.82, 2.24) is 0 Å². The molecule has 12 heavy (non-hydrogen) atoms. The minimum atomic E-state index is 0.503. The zero-order valence-corrected chi connectivity index (χ0v) is 8.12. The third-order valence-corrected chi connectivity index (χ3v) is 4.34. The molecule has 1 unspecified atom stereocenters. The molecule has 0 aliphatic carbocycles. The van der Waals surface area contributed by atoms with Crippen molar-refractivity contribution in [2.24, 2.45) is 0 Å². The Morgan fingerprint density at radius 3 is 2.58 bits per heavy atom. The van der Waals surface area contributed by atoms with Crippen LogP contribution in [0.25, 0.3) is 0 Å². The maximum absolute atomic E-state index is 7.45. The summed E-state index contributed by atoms with van der Waals surface area (Å²) in [5.74, 6) is 1.05. The molecule has 1 fully saturated rings. The number of thioether (sulfide) groups is 2. The summed E-state index contributed by atoms with van der Waals surface area (Å²) in [4.78, 5) is 0. The summed E-state index contributed by atoms with van der Waals surface area (Å²) < 4.78 is 0.754. The van der Waals surface area contributed by atoms with Crippen LogP contribution in [0.4, 0.5) is 0 Å². The van der Waals surface area contributed by atoms with Gasteiger partial charge in [0.05, 0.1) is 0 Å². The second-order valence-electron chi connectivity index (χ2n) is 2.62. The van der Waals surface area contributed by atoms with Crippen molar-refractivity contribution in [3.05, 3.63) is 35.9 Å². The Kier molecular flexibility index (Phi) is 2.42. The number of benzene rings is 1. The number of hydrogen-bond donors (Lipinski definition) is 1. The highest BCUT2D eigenvalue weighted by Gasteiger charge is 2.21. The lowest BCUT2D eigenvalue weighted by Gasteiger charge is -2.05. The quantitative estimate of drug-likeness (QED) is 0.744. The molecule has 0 radical (unpaired) electrons. The van der Waals surface area contributed by atoms with E-state index in [0.717, 1.165) is 10.1 Å². The van der Waals surface area contributed by atoms with Crippen LogP contribution < -0.4 is 0 Å². The van der Waals surface area contributed by atoms with Gasteiger partial charge in [-0.15, -0.1) is 0 Å². The molecule has 0 amide bonds. The molecular weight excluding hydrogens is 186 g/mol. The first kappa shape index (κ1) is 8.20. The molecule has 1 aliphatic rings. The summed E-state index contributed by atoms with van der Waals surface area (Å²) >= 11 is 3.31. The van der Waals surface area contributed by atoms with E-state index in [1.807, 2.05) is 6.07 Å². The van der Waals surface area contributed by atoms with Crippen molar-refractivity contribution in [1.29, 1.82) is 5.41 Å². The molecule has 1 aromatic rings. The topological polar surface area (TPSA) is 23.9 Å². The van der Waals surface area contributed by atoms with Gasteiger partial charge in [-0.2, -0.15) is 0 Å². The minimum absolute atomic E-state index is 0.503. The molecule has 0 bridgehead atoms. The van der Waals surface area contributed by atoms with Crippen molar-refractivity contribution in [2.75, 3.05) is 5.75 Å². The van der Waals surface area contributed by atoms with E-state index >= 15 is 0 Å². The highest BCUT2D eigenvalue weighted by molar-refractivity contribution is 8.41. The van der Waals surface area contributed by atoms with Gasteiger partial charge in [0.25, 0.3) is 0 Å². The molecule has 1 saturated heterocycles. The first-order valence-corrected chi connectivity index (χ1v) is 5.66. The Morgan fingerprint density at radius 2 is 2.00 bits per heavy atom. The summed E-state index contributed by atoms with van der Waals surface area (Å²) in [5, 5.41) is 7.96. The second-order valence-corrected chi connectivity index (χ2v) is 5.12. The second kappa shape index (κ2) is 3.54. The zero-order chi connectivity index (χ0) is 8.39. The average Bonchev–Trinajstić information content (AvgIpc) is 2.54. The van der Waals surface area contributed by atoms with E-state index in [1.165, 1.54) is 5.56 Å². The highest BCUT2D eigenvalue weighted by atomic mass is 32.2. The standard InChI is InChI=1S/C9H9NS2/c10-9-11-6-8(12-9)7-4-2-1-3-5-7/h1-5,8,10H,6H2. The molecule has 62 valence electrons. The maximum Gasteiger partial charge on any atom is 0.122 e. The van der Waals surface area contributed by atoms with Crippen molar-refractivity contribution in [3.8, 4) is 0 Å². The fourth-order valence-electron chi connectivity index (χ4n) is 1.18. The van der Waals surface area contributed by atoms with E-state index in [1.54, 1.807) is 23.5 Å². The van der Waals surface area contributed by atoms with E-state index in [0.29, 0.717) is 5.25 Å². The van der Waals surface area contributed by atoms with Gasteiger partial charge in [-0.05, 0) is 5.56 Å². The lowest BCUT2D eigenvalue weighted by atomic mass is 10.2. The van der Waals surface area contributed by atoms with Crippen molar-refractivity contribution < 1.29 is 0 Å². The summed E-state index contributed by atoms with van der Waals surface area (Å²) in [6.07, 6.45) is 0. The Bertz CT molecular complexity index is 284. The summed E-state index contributed by atoms with van der Waals surface area (Å²) in [6, 6.07) is 10.4. The SMILES string of the molecule is N=C1SCC(c2ccccc2)S1. The van der Waals surface area contributed by atoms with Crippen molar-refractivity contribution >= 4 is 27.9 Å². The van der Waals surface area contributed by atoms with E-state index in [-0.39, 0.29) is 0 Å². The van der Waals surface area contributed by atoms with Crippen LogP contribution in [0.5, 0.6) is 0 Å². The van der Waals surface area contributed by atoms with Crippen LogP contribution in [0.15, 0.2) is 30.3 Å². The van der Waals surface area contributed by atoms with Gasteiger partial charge in [-0.3, -0.25) is 5.41 Å². The molecular formula is C9H9NS2. The molecule has 1 aliphatic heterocycles. The molecule has 0 saturated carbocycles. The lowest BCUT2D eigenvalue weighted by molar-refractivity contribution is 1.13. The number of nitrogens with one attached hydrogen (secondary N) is 1. The van der Waals surface area contributed by atoms with E-state index in [4.69, 9.17) is 5.41 Å². The fourth-order valence-corrected chi connectivity index (χ4v) is 3.53. The average molecular weight is 195 g/mol. The molecule has 1 heterocycles. The molecule has 1 atom stereocenters. The highest BCUT2D eigenvalue weighted by Crippen LogP contribution is 2.42. The zero-order valence-electron chi connectivity index (χ0n) is 6.49. The molecule has 0 spiro atoms. The van der Waals surface area contributed by atoms with Crippen LogP contribution in [-0.2, 0) is 0 Å². The van der Waals surface area contributed by atoms with Gasteiger partial charge in [0.2, 0.25) is 0 Å². The van der Waals surface area contributed by atoms with Gasteiger partial charge in [0.1, 0.15) is 4.38 Å². The molecule has 3 heteroatoms. The predicted octanol–water partition coefficient (Wildman–Crippen LogP) is 3.14. The van der Waals surface area contributed by atoms with Gasteiger partial charge in [-0.1, -0.05) is 53.9 Å². The van der Waals surface area contributed by atoms with E-state index in [2.05, 4.69) is 24.3 Å². The third-order valence-electron chi connectivity index (χ3n) is 1.79. The Balaban J connectivity index is 2.16. The monoisotopic (exact) mass is 195 g/mol. The van der Waals surface area contributed by atoms with Crippen LogP contribution in [-0.4, -0.2) is 10.1 Å². The Morgan fingerprint density at radius 1 is 1.25 bits per heavy atom. The molecule has 1 nitrogen and oxygen atoms in total. The number of hydrogen-bond acceptors (Lipinski definition) is 3. The maximum atomic E-state index is 7.45. The van der Waals surface area contributed by atoms with Crippen LogP contribution in [0.1, 0.15) is 10.8 Å². The smallest absolute Gasteiger partial charge is 0.122 e. The van der Waals surface area contributed by atoms with Crippen molar-refractivity contribution in [2.45, 2.75) is 5.25 Å². The van der Waals surface area contributed by atoms with E-state index < -0.39 is 0 Å². The Labute approximate surface area is 80.5 Å². The third kappa shape index (κ3) is 1.67. The largest absolute Gasteiger partial charge is 0.288 e. The molecule has 2 rings (SSSR count). The van der Waals surface area contributed by atoms with Gasteiger partial charge < -0.3 is 0 Å². The predicted molar refractivity (Wildman–Crippen MR) is 57.0 cm³/mol. The summed E-state index contributed by atoms with van der Waals surface area (Å²) in [6.45, 7) is 0. The first-order chi connectivity index (χ1) is 5.86. The van der Waals surface area contributed by atoms with Gasteiger partial charge in [0.15, 0.2) is 0 Å². The first-order valence-electron chi connectivity index (χ1n) is 3.79. The van der Waals surface area contributed by atoms with Crippen LogP contribution in [0.2, 0.25) is 0 Å².